The van der Waals surface area contributed by atoms with Crippen molar-refractivity contribution in [3.63, 3.8) is 0 Å². The van der Waals surface area contributed by atoms with Gasteiger partial charge in [-0.3, -0.25) is 5.32 Å². The van der Waals surface area contributed by atoms with Crippen LogP contribution in [0.25, 0.3) is 0 Å². The molecule has 0 amide bonds. The summed E-state index contributed by atoms with van der Waals surface area (Å²) in [7, 11) is 0. The lowest BCUT2D eigenvalue weighted by Gasteiger charge is -2.02. The molecule has 0 saturated carbocycles. The van der Waals surface area contributed by atoms with Gasteiger partial charge in [0.25, 0.3) is 0 Å². The van der Waals surface area contributed by atoms with Gasteiger partial charge in [0.15, 0.2) is 11.5 Å². The van der Waals surface area contributed by atoms with Crippen LogP contribution in [0.4, 0.5) is 0 Å². The summed E-state index contributed by atoms with van der Waals surface area (Å²) in [5.41, 5.74) is 1.07. The molecule has 0 saturated heterocycles. The molecular weight excluding hydrogens is 170 g/mol. The Kier molecular flexibility index (Phi) is 2.33. The summed E-state index contributed by atoms with van der Waals surface area (Å²) in [6.45, 7) is 0.911. The zero-order valence-corrected chi connectivity index (χ0v) is 7.12. The van der Waals surface area contributed by atoms with Crippen LogP contribution in [0.5, 0.6) is 11.5 Å². The molecule has 2 N–H and O–H groups in total. The SMILES string of the molecule is OCNCc1ccc2c(c1)OCO2. The molecule has 0 spiro atoms. The molecule has 1 aromatic rings. The second-order valence-electron chi connectivity index (χ2n) is 2.77. The number of hydrogen-bond acceptors (Lipinski definition) is 4. The van der Waals surface area contributed by atoms with Gasteiger partial charge in [0.05, 0.1) is 6.73 Å². The van der Waals surface area contributed by atoms with Crippen molar-refractivity contribution in [2.45, 2.75) is 6.54 Å². The first-order valence-electron chi connectivity index (χ1n) is 4.10. The third-order valence-corrected chi connectivity index (χ3v) is 1.88. The number of fused-ring (bicyclic) bond motifs is 1. The highest BCUT2D eigenvalue weighted by molar-refractivity contribution is 5.44. The minimum absolute atomic E-state index is 0.0194. The quantitative estimate of drug-likeness (QED) is 0.665. The molecule has 13 heavy (non-hydrogen) atoms. The molecule has 70 valence electrons. The minimum atomic E-state index is -0.0194. The van der Waals surface area contributed by atoms with Gasteiger partial charge < -0.3 is 14.6 Å². The molecule has 1 aromatic carbocycles. The van der Waals surface area contributed by atoms with Crippen molar-refractivity contribution in [2.75, 3.05) is 13.5 Å². The average molecular weight is 181 g/mol. The van der Waals surface area contributed by atoms with Crippen LogP contribution in [0.1, 0.15) is 5.56 Å². The van der Waals surface area contributed by atoms with E-state index in [9.17, 15) is 0 Å². The molecule has 0 atom stereocenters. The zero-order chi connectivity index (χ0) is 9.10. The molecule has 0 bridgehead atoms. The van der Waals surface area contributed by atoms with E-state index in [2.05, 4.69) is 5.32 Å². The minimum Gasteiger partial charge on any atom is -0.454 e. The summed E-state index contributed by atoms with van der Waals surface area (Å²) >= 11 is 0. The van der Waals surface area contributed by atoms with Crippen molar-refractivity contribution in [1.29, 1.82) is 0 Å². The average Bonchev–Trinajstić information content (AvgIpc) is 2.61. The van der Waals surface area contributed by atoms with Crippen LogP contribution < -0.4 is 14.8 Å². The van der Waals surface area contributed by atoms with Gasteiger partial charge in [0.2, 0.25) is 6.79 Å². The number of ether oxygens (including phenoxy) is 2. The Morgan fingerprint density at radius 3 is 3.00 bits per heavy atom. The van der Waals surface area contributed by atoms with Gasteiger partial charge in [0.1, 0.15) is 0 Å². The van der Waals surface area contributed by atoms with Crippen LogP contribution >= 0.6 is 0 Å². The van der Waals surface area contributed by atoms with Crippen molar-refractivity contribution < 1.29 is 14.6 Å². The van der Waals surface area contributed by atoms with Crippen molar-refractivity contribution in [3.05, 3.63) is 23.8 Å². The summed E-state index contributed by atoms with van der Waals surface area (Å²) in [5.74, 6) is 1.56. The van der Waals surface area contributed by atoms with E-state index in [1.165, 1.54) is 0 Å². The van der Waals surface area contributed by atoms with Gasteiger partial charge in [-0.1, -0.05) is 6.07 Å². The first-order chi connectivity index (χ1) is 6.40. The normalized spacial score (nSPS) is 13.3. The first-order valence-corrected chi connectivity index (χ1v) is 4.10. The Morgan fingerprint density at radius 2 is 2.15 bits per heavy atom. The van der Waals surface area contributed by atoms with Crippen LogP contribution in [0.15, 0.2) is 18.2 Å². The fraction of sp³-hybridized carbons (Fsp3) is 0.333. The summed E-state index contributed by atoms with van der Waals surface area (Å²) in [6.07, 6.45) is 0. The van der Waals surface area contributed by atoms with Gasteiger partial charge in [-0.2, -0.15) is 0 Å². The predicted molar refractivity (Wildman–Crippen MR) is 46.5 cm³/mol. The maximum absolute atomic E-state index is 8.55. The summed E-state index contributed by atoms with van der Waals surface area (Å²) in [5, 5.41) is 11.4. The maximum atomic E-state index is 8.55. The highest BCUT2D eigenvalue weighted by atomic mass is 16.7. The Balaban J connectivity index is 2.12. The van der Waals surface area contributed by atoms with Gasteiger partial charge >= 0.3 is 0 Å². The third kappa shape index (κ3) is 1.74. The van der Waals surface area contributed by atoms with Gasteiger partial charge in [0, 0.05) is 6.54 Å². The van der Waals surface area contributed by atoms with E-state index in [1.807, 2.05) is 18.2 Å². The Morgan fingerprint density at radius 1 is 1.31 bits per heavy atom. The number of hydrogen-bond donors (Lipinski definition) is 2. The highest BCUT2D eigenvalue weighted by Gasteiger charge is 2.12. The molecule has 0 aromatic heterocycles. The van der Waals surface area contributed by atoms with E-state index in [4.69, 9.17) is 14.6 Å². The number of aliphatic hydroxyl groups excluding tert-OH is 1. The molecule has 4 heteroatoms. The van der Waals surface area contributed by atoms with Gasteiger partial charge in [-0.15, -0.1) is 0 Å². The van der Waals surface area contributed by atoms with Crippen LogP contribution in [0.3, 0.4) is 0 Å². The lowest BCUT2D eigenvalue weighted by atomic mass is 10.2. The van der Waals surface area contributed by atoms with E-state index in [1.54, 1.807) is 0 Å². The van der Waals surface area contributed by atoms with E-state index in [0.717, 1.165) is 17.1 Å². The maximum Gasteiger partial charge on any atom is 0.231 e. The molecule has 0 radical (unpaired) electrons. The van der Waals surface area contributed by atoms with Crippen molar-refractivity contribution in [3.8, 4) is 11.5 Å². The van der Waals surface area contributed by atoms with Crippen molar-refractivity contribution >= 4 is 0 Å². The van der Waals surface area contributed by atoms with E-state index in [0.29, 0.717) is 13.3 Å². The van der Waals surface area contributed by atoms with Crippen molar-refractivity contribution in [1.82, 2.24) is 5.32 Å². The van der Waals surface area contributed by atoms with Crippen LogP contribution in [-0.4, -0.2) is 18.6 Å². The standard InChI is InChI=1S/C9H11NO3/c11-5-10-4-7-1-2-8-9(3-7)13-6-12-8/h1-3,10-11H,4-6H2. The topological polar surface area (TPSA) is 50.7 Å². The van der Waals surface area contributed by atoms with Crippen LogP contribution in [0.2, 0.25) is 0 Å². The Labute approximate surface area is 76.1 Å². The summed E-state index contributed by atoms with van der Waals surface area (Å²) in [6, 6.07) is 5.72. The Hall–Kier alpha value is -1.26. The monoisotopic (exact) mass is 181 g/mol. The summed E-state index contributed by atoms with van der Waals surface area (Å²) < 4.78 is 10.4. The molecule has 1 aliphatic heterocycles. The molecule has 1 heterocycles. The first kappa shape index (κ1) is 8.34. The lowest BCUT2D eigenvalue weighted by Crippen LogP contribution is -2.13. The molecule has 2 rings (SSSR count). The second-order valence-corrected chi connectivity index (χ2v) is 2.77. The molecule has 4 nitrogen and oxygen atoms in total. The number of nitrogens with one attached hydrogen (secondary N) is 1. The van der Waals surface area contributed by atoms with Crippen LogP contribution in [-0.2, 0) is 6.54 Å². The Bertz CT molecular complexity index is 301. The fourth-order valence-corrected chi connectivity index (χ4v) is 1.25. The molecule has 0 aliphatic carbocycles. The molecule has 0 fully saturated rings. The van der Waals surface area contributed by atoms with E-state index in [-0.39, 0.29) is 6.73 Å². The highest BCUT2D eigenvalue weighted by Crippen LogP contribution is 2.32. The molecular formula is C9H11NO3. The van der Waals surface area contributed by atoms with Gasteiger partial charge in [-0.05, 0) is 17.7 Å². The second kappa shape index (κ2) is 3.64. The smallest absolute Gasteiger partial charge is 0.231 e. The van der Waals surface area contributed by atoms with E-state index < -0.39 is 0 Å². The lowest BCUT2D eigenvalue weighted by molar-refractivity contribution is 0.174. The van der Waals surface area contributed by atoms with Crippen LogP contribution in [0, 0.1) is 0 Å². The molecule has 0 unspecified atom stereocenters. The molecule has 1 aliphatic rings. The number of benzene rings is 1. The summed E-state index contributed by atoms with van der Waals surface area (Å²) in [4.78, 5) is 0. The van der Waals surface area contributed by atoms with Crippen molar-refractivity contribution in [2.24, 2.45) is 0 Å². The van der Waals surface area contributed by atoms with Gasteiger partial charge in [-0.25, -0.2) is 0 Å². The predicted octanol–water partition coefficient (Wildman–Crippen LogP) is 0.455. The number of aliphatic hydroxyl groups is 1. The largest absolute Gasteiger partial charge is 0.454 e. The third-order valence-electron chi connectivity index (χ3n) is 1.88. The van der Waals surface area contributed by atoms with E-state index >= 15 is 0 Å². The fourth-order valence-electron chi connectivity index (χ4n) is 1.25. The zero-order valence-electron chi connectivity index (χ0n) is 7.12. The number of rotatable bonds is 3.